The smallest absolute Gasteiger partial charge is 0.318 e. The molecule has 0 radical (unpaired) electrons. The Hall–Kier alpha value is -2.60. The fraction of sp³-hybridized carbons (Fsp3) is 0.333. The number of carbonyl (C=O) groups is 1. The molecule has 2 aromatic carbocycles. The molecule has 3 rings (SSSR count). The summed E-state index contributed by atoms with van der Waals surface area (Å²) in [5, 5.41) is 7.74. The molecule has 148 valence electrons. The molecule has 1 heterocycles. The van der Waals surface area contributed by atoms with Crippen LogP contribution in [0.25, 0.3) is 0 Å². The number of oxime groups is 1. The summed E-state index contributed by atoms with van der Waals surface area (Å²) in [5.74, 6) is -0.304. The zero-order valence-electron chi connectivity index (χ0n) is 15.9. The van der Waals surface area contributed by atoms with Crippen molar-refractivity contribution in [3.05, 3.63) is 70.5 Å². The number of rotatable bonds is 6. The first-order valence-corrected chi connectivity index (χ1v) is 9.57. The van der Waals surface area contributed by atoms with Crippen molar-refractivity contribution in [1.29, 1.82) is 0 Å². The molecule has 0 spiro atoms. The molecule has 1 atom stereocenters. The molecular weight excluding hydrogens is 381 g/mol. The van der Waals surface area contributed by atoms with Gasteiger partial charge in [0.15, 0.2) is 6.10 Å². The van der Waals surface area contributed by atoms with Crippen molar-refractivity contribution >= 4 is 23.3 Å². The van der Waals surface area contributed by atoms with Crippen molar-refractivity contribution in [3.63, 3.8) is 0 Å². The van der Waals surface area contributed by atoms with Gasteiger partial charge in [-0.3, -0.25) is 0 Å². The van der Waals surface area contributed by atoms with Gasteiger partial charge in [0.05, 0.1) is 12.3 Å². The number of hydrogen-bond donors (Lipinski definition) is 1. The number of nitrogens with one attached hydrogen (secondary N) is 1. The number of nitrogens with zero attached hydrogens (tertiary/aromatic N) is 2. The summed E-state index contributed by atoms with van der Waals surface area (Å²) in [5.41, 5.74) is 2.62. The van der Waals surface area contributed by atoms with Crippen LogP contribution >= 0.6 is 11.6 Å². The van der Waals surface area contributed by atoms with Crippen LogP contribution in [0.15, 0.2) is 53.7 Å². The minimum Gasteiger partial charge on any atom is -0.390 e. The summed E-state index contributed by atoms with van der Waals surface area (Å²) in [7, 11) is 0. The van der Waals surface area contributed by atoms with Gasteiger partial charge in [-0.1, -0.05) is 41.0 Å². The van der Waals surface area contributed by atoms with Crippen LogP contribution in [0.2, 0.25) is 5.02 Å². The number of halogens is 2. The molecule has 2 aromatic rings. The minimum atomic E-state index is -0.304. The summed E-state index contributed by atoms with van der Waals surface area (Å²) in [6, 6.07) is 13.4. The molecule has 0 aliphatic carbocycles. The number of hydrogen-bond acceptors (Lipinski definition) is 3. The average Bonchev–Trinajstić information content (AvgIpc) is 3.11. The highest BCUT2D eigenvalue weighted by Crippen LogP contribution is 2.20. The Morgan fingerprint density at radius 3 is 2.57 bits per heavy atom. The summed E-state index contributed by atoms with van der Waals surface area (Å²) < 4.78 is 13.2. The van der Waals surface area contributed by atoms with E-state index in [2.05, 4.69) is 10.5 Å². The molecular formula is C21H23ClFN3O2. The van der Waals surface area contributed by atoms with Crippen LogP contribution in [0.3, 0.4) is 0 Å². The van der Waals surface area contributed by atoms with E-state index < -0.39 is 0 Å². The lowest BCUT2D eigenvalue weighted by Crippen LogP contribution is -2.45. The summed E-state index contributed by atoms with van der Waals surface area (Å²) in [6.07, 6.45) is 0.347. The third-order valence-corrected chi connectivity index (χ3v) is 4.57. The van der Waals surface area contributed by atoms with E-state index >= 15 is 0 Å². The van der Waals surface area contributed by atoms with Crippen LogP contribution in [0.5, 0.6) is 0 Å². The summed E-state index contributed by atoms with van der Waals surface area (Å²) >= 11 is 5.93. The van der Waals surface area contributed by atoms with Crippen molar-refractivity contribution in [3.8, 4) is 0 Å². The molecule has 0 saturated heterocycles. The molecule has 5 nitrogen and oxygen atoms in total. The van der Waals surface area contributed by atoms with Gasteiger partial charge in [0, 0.05) is 24.0 Å². The topological polar surface area (TPSA) is 53.9 Å². The number of benzene rings is 2. The fourth-order valence-corrected chi connectivity index (χ4v) is 3.08. The van der Waals surface area contributed by atoms with Crippen molar-refractivity contribution in [1.82, 2.24) is 10.2 Å². The lowest BCUT2D eigenvalue weighted by Gasteiger charge is -2.26. The highest BCUT2D eigenvalue weighted by atomic mass is 35.5. The zero-order valence-corrected chi connectivity index (χ0v) is 16.6. The van der Waals surface area contributed by atoms with Crippen LogP contribution in [-0.4, -0.2) is 35.3 Å². The SMILES string of the molecule is CC(C)NC(=O)N(Cc1ccc(F)cc1)C[C@H]1CC(c2ccc(Cl)cc2)=NO1. The second kappa shape index (κ2) is 9.06. The fourth-order valence-electron chi connectivity index (χ4n) is 2.95. The second-order valence-corrected chi connectivity index (χ2v) is 7.52. The molecule has 1 aliphatic heterocycles. The van der Waals surface area contributed by atoms with E-state index in [1.165, 1.54) is 12.1 Å². The highest BCUT2D eigenvalue weighted by Gasteiger charge is 2.27. The lowest BCUT2D eigenvalue weighted by molar-refractivity contribution is 0.0586. The van der Waals surface area contributed by atoms with Gasteiger partial charge in [-0.25, -0.2) is 9.18 Å². The largest absolute Gasteiger partial charge is 0.390 e. The first kappa shape index (κ1) is 20.1. The number of carbonyl (C=O) groups excluding carboxylic acids is 1. The van der Waals surface area contributed by atoms with E-state index in [1.54, 1.807) is 17.0 Å². The molecule has 28 heavy (non-hydrogen) atoms. The molecule has 1 aliphatic rings. The Labute approximate surface area is 169 Å². The van der Waals surface area contributed by atoms with Gasteiger partial charge in [-0.15, -0.1) is 0 Å². The van der Waals surface area contributed by atoms with Crippen LogP contribution in [0.4, 0.5) is 9.18 Å². The predicted molar refractivity (Wildman–Crippen MR) is 108 cm³/mol. The summed E-state index contributed by atoms with van der Waals surface area (Å²) in [6.45, 7) is 4.54. The van der Waals surface area contributed by atoms with Crippen LogP contribution in [0.1, 0.15) is 31.4 Å². The van der Waals surface area contributed by atoms with Crippen LogP contribution < -0.4 is 5.32 Å². The number of amides is 2. The van der Waals surface area contributed by atoms with Crippen molar-refractivity contribution in [2.24, 2.45) is 5.16 Å². The highest BCUT2D eigenvalue weighted by molar-refractivity contribution is 6.30. The lowest BCUT2D eigenvalue weighted by atomic mass is 10.0. The molecule has 0 aromatic heterocycles. The predicted octanol–water partition coefficient (Wildman–Crippen LogP) is 4.59. The van der Waals surface area contributed by atoms with E-state index in [-0.39, 0.29) is 24.0 Å². The van der Waals surface area contributed by atoms with E-state index in [4.69, 9.17) is 16.4 Å². The maximum Gasteiger partial charge on any atom is 0.318 e. The summed E-state index contributed by atoms with van der Waals surface area (Å²) in [4.78, 5) is 19.9. The van der Waals surface area contributed by atoms with Gasteiger partial charge in [0.1, 0.15) is 5.82 Å². The van der Waals surface area contributed by atoms with Gasteiger partial charge in [-0.2, -0.15) is 0 Å². The molecule has 0 bridgehead atoms. The van der Waals surface area contributed by atoms with Crippen LogP contribution in [0, 0.1) is 5.82 Å². The molecule has 0 fully saturated rings. The van der Waals surface area contributed by atoms with E-state index in [9.17, 15) is 9.18 Å². The van der Waals surface area contributed by atoms with Gasteiger partial charge in [-0.05, 0) is 49.2 Å². The second-order valence-electron chi connectivity index (χ2n) is 7.09. The maximum atomic E-state index is 13.2. The van der Waals surface area contributed by atoms with E-state index in [1.807, 2.05) is 38.1 Å². The Kier molecular flexibility index (Phi) is 6.52. The van der Waals surface area contributed by atoms with Gasteiger partial charge in [0.2, 0.25) is 0 Å². The normalized spacial score (nSPS) is 15.9. The third kappa shape index (κ3) is 5.45. The number of urea groups is 1. The van der Waals surface area contributed by atoms with Crippen molar-refractivity contribution in [2.45, 2.75) is 39.0 Å². The zero-order chi connectivity index (χ0) is 20.1. The monoisotopic (exact) mass is 403 g/mol. The van der Waals surface area contributed by atoms with Gasteiger partial charge < -0.3 is 15.1 Å². The Morgan fingerprint density at radius 1 is 1.25 bits per heavy atom. The minimum absolute atomic E-state index is 0.00796. The first-order valence-electron chi connectivity index (χ1n) is 9.19. The first-order chi connectivity index (χ1) is 13.4. The van der Waals surface area contributed by atoms with E-state index in [0.717, 1.165) is 16.8 Å². The Bertz CT molecular complexity index is 838. The van der Waals surface area contributed by atoms with Crippen molar-refractivity contribution in [2.75, 3.05) is 6.54 Å². The van der Waals surface area contributed by atoms with E-state index in [0.29, 0.717) is 24.5 Å². The quantitative estimate of drug-likeness (QED) is 0.766. The van der Waals surface area contributed by atoms with Crippen LogP contribution in [-0.2, 0) is 11.4 Å². The Balaban J connectivity index is 1.66. The molecule has 2 amide bonds. The molecule has 0 unspecified atom stereocenters. The molecule has 7 heteroatoms. The maximum absolute atomic E-state index is 13.2. The van der Waals surface area contributed by atoms with Gasteiger partial charge >= 0.3 is 6.03 Å². The van der Waals surface area contributed by atoms with Crippen molar-refractivity contribution < 1.29 is 14.0 Å². The van der Waals surface area contributed by atoms with Gasteiger partial charge in [0.25, 0.3) is 0 Å². The Morgan fingerprint density at radius 2 is 1.93 bits per heavy atom. The standard InChI is InChI=1S/C21H23ClFN3O2/c1-14(2)24-21(27)26(12-15-3-9-18(23)10-4-15)13-19-11-20(25-28-19)16-5-7-17(22)8-6-16/h3-10,14,19H,11-13H2,1-2H3,(H,24,27)/t19-/m1/s1. The molecule has 0 saturated carbocycles. The third-order valence-electron chi connectivity index (χ3n) is 4.32. The average molecular weight is 404 g/mol. The molecule has 1 N–H and O–H groups in total.